The SMILES string of the molecule is C[C@H]1[C@H](C)CC[C@@]23CC[C@]4(C)[C@@](C=C[C@@H]5[C@@]6(C)CCC(OC(=O)/C=C/c7ccc(O)cc7)C(C)(C)[C@@H]6CC[C@]54C)(OC2=O)[C@H]13. The van der Waals surface area contributed by atoms with E-state index in [1.165, 1.54) is 6.08 Å². The molecule has 1 spiro atoms. The first-order valence-corrected chi connectivity index (χ1v) is 17.3. The second kappa shape index (κ2) is 9.48. The predicted molar refractivity (Wildman–Crippen MR) is 171 cm³/mol. The first-order valence-electron chi connectivity index (χ1n) is 17.3. The van der Waals surface area contributed by atoms with Gasteiger partial charge in [-0.1, -0.05) is 66.7 Å². The van der Waals surface area contributed by atoms with Crippen LogP contribution in [0.15, 0.2) is 42.5 Å². The number of esters is 2. The second-order valence-electron chi connectivity index (χ2n) is 17.1. The summed E-state index contributed by atoms with van der Waals surface area (Å²) in [5.74, 6) is 2.07. The first kappa shape index (κ1) is 30.1. The van der Waals surface area contributed by atoms with Crippen LogP contribution in [0.2, 0.25) is 0 Å². The summed E-state index contributed by atoms with van der Waals surface area (Å²) >= 11 is 0. The smallest absolute Gasteiger partial charge is 0.331 e. The van der Waals surface area contributed by atoms with Gasteiger partial charge >= 0.3 is 11.9 Å². The number of aromatic hydroxyl groups is 1. The minimum absolute atomic E-state index is 0.0105. The highest BCUT2D eigenvalue weighted by Crippen LogP contribution is 2.79. The molecule has 5 aliphatic carbocycles. The number of allylic oxidation sites excluding steroid dienone is 1. The summed E-state index contributed by atoms with van der Waals surface area (Å²) in [6.45, 7) is 16.9. The molecule has 0 radical (unpaired) electrons. The number of fused-ring (bicyclic) bond motifs is 4. The van der Waals surface area contributed by atoms with Crippen LogP contribution in [0.3, 0.4) is 0 Å². The van der Waals surface area contributed by atoms with Crippen molar-refractivity contribution in [2.75, 3.05) is 0 Å². The summed E-state index contributed by atoms with van der Waals surface area (Å²) in [5, 5.41) is 9.55. The molecule has 238 valence electrons. The molecular weight excluding hydrogens is 548 g/mol. The highest BCUT2D eigenvalue weighted by molar-refractivity contribution is 5.87. The van der Waals surface area contributed by atoms with Crippen molar-refractivity contribution in [3.63, 3.8) is 0 Å². The first-order chi connectivity index (χ1) is 20.6. The Balaban J connectivity index is 1.18. The molecule has 1 N–H and O–H groups in total. The maximum absolute atomic E-state index is 13.8. The van der Waals surface area contributed by atoms with Crippen molar-refractivity contribution >= 4 is 18.0 Å². The maximum Gasteiger partial charge on any atom is 0.331 e. The van der Waals surface area contributed by atoms with E-state index in [9.17, 15) is 14.7 Å². The zero-order valence-electron chi connectivity index (χ0n) is 27.8. The minimum Gasteiger partial charge on any atom is -0.508 e. The number of hydrogen-bond acceptors (Lipinski definition) is 5. The molecule has 5 fully saturated rings. The average Bonchev–Trinajstić information content (AvgIpc) is 3.17. The zero-order valence-corrected chi connectivity index (χ0v) is 27.8. The Morgan fingerprint density at radius 2 is 1.68 bits per heavy atom. The summed E-state index contributed by atoms with van der Waals surface area (Å²) in [5.41, 5.74) is -0.192. The number of carbonyl (C=O) groups excluding carboxylic acids is 2. The molecule has 2 bridgehead atoms. The Hall–Kier alpha value is -2.56. The molecule has 44 heavy (non-hydrogen) atoms. The molecule has 5 heteroatoms. The molecule has 1 unspecified atom stereocenters. The van der Waals surface area contributed by atoms with E-state index < -0.39 is 5.60 Å². The number of benzene rings is 1. The fraction of sp³-hybridized carbons (Fsp3) is 0.692. The van der Waals surface area contributed by atoms with Gasteiger partial charge in [0.1, 0.15) is 17.5 Å². The predicted octanol–water partition coefficient (Wildman–Crippen LogP) is 8.51. The van der Waals surface area contributed by atoms with Gasteiger partial charge in [0.2, 0.25) is 0 Å². The number of carbonyl (C=O) groups is 2. The Morgan fingerprint density at radius 3 is 2.41 bits per heavy atom. The molecule has 0 amide bonds. The van der Waals surface area contributed by atoms with Crippen molar-refractivity contribution in [3.8, 4) is 5.75 Å². The van der Waals surface area contributed by atoms with Gasteiger partial charge in [-0.3, -0.25) is 4.79 Å². The summed E-state index contributed by atoms with van der Waals surface area (Å²) in [7, 11) is 0. The standard InChI is InChI=1S/C39H52O5/c1-24-14-20-38-23-22-37(7)36(6)19-15-28-34(3,4)30(43-31(41)13-10-26-8-11-27(40)12-9-26)17-18-35(28,5)29(36)16-21-39(37,44-33(38)42)32(38)25(24)2/h8-13,16,21,24-25,28-30,32,40H,14-15,17-20,22-23H2,1-7H3/b13-10+/t24-,25+,28+,29-,30?,32-,35+,36-,37+,38+,39+/m1/s1. The lowest BCUT2D eigenvalue weighted by molar-refractivity contribution is -0.247. The molecule has 1 heterocycles. The van der Waals surface area contributed by atoms with Crippen molar-refractivity contribution in [2.45, 2.75) is 112 Å². The molecule has 5 nitrogen and oxygen atoms in total. The lowest BCUT2D eigenvalue weighted by atomic mass is 9.32. The number of ether oxygens (including phenoxy) is 2. The molecule has 1 saturated heterocycles. The molecule has 1 aromatic carbocycles. The van der Waals surface area contributed by atoms with Crippen molar-refractivity contribution in [1.29, 1.82) is 0 Å². The Bertz CT molecular complexity index is 1420. The van der Waals surface area contributed by atoms with E-state index in [0.717, 1.165) is 56.9 Å². The third-order valence-electron chi connectivity index (χ3n) is 15.3. The van der Waals surface area contributed by atoms with E-state index in [1.807, 2.05) is 0 Å². The molecule has 6 aliphatic rings. The molecule has 1 aromatic rings. The molecule has 1 aliphatic heterocycles. The number of rotatable bonds is 3. The quantitative estimate of drug-likeness (QED) is 0.214. The van der Waals surface area contributed by atoms with Gasteiger partial charge in [0.15, 0.2) is 0 Å². The topological polar surface area (TPSA) is 72.8 Å². The van der Waals surface area contributed by atoms with Crippen LogP contribution in [-0.4, -0.2) is 28.8 Å². The van der Waals surface area contributed by atoms with Crippen LogP contribution in [0, 0.1) is 56.7 Å². The van der Waals surface area contributed by atoms with Crippen LogP contribution < -0.4 is 0 Å². The number of phenolic OH excluding ortho intramolecular Hbond substituents is 1. The number of phenols is 1. The van der Waals surface area contributed by atoms with Crippen molar-refractivity contribution in [1.82, 2.24) is 0 Å². The summed E-state index contributed by atoms with van der Waals surface area (Å²) < 4.78 is 13.0. The molecule has 7 rings (SSSR count). The third kappa shape index (κ3) is 3.65. The van der Waals surface area contributed by atoms with Crippen molar-refractivity contribution < 1.29 is 24.2 Å². The highest BCUT2D eigenvalue weighted by atomic mass is 16.6. The van der Waals surface area contributed by atoms with Gasteiger partial charge in [-0.15, -0.1) is 0 Å². The Labute approximate surface area is 263 Å². The summed E-state index contributed by atoms with van der Waals surface area (Å²) in [6, 6.07) is 6.80. The average molecular weight is 601 g/mol. The third-order valence-corrected chi connectivity index (χ3v) is 15.3. The van der Waals surface area contributed by atoms with Crippen LogP contribution in [-0.2, 0) is 19.1 Å². The van der Waals surface area contributed by atoms with E-state index in [2.05, 4.69) is 60.6 Å². The van der Waals surface area contributed by atoms with Crippen LogP contribution >= 0.6 is 0 Å². The Morgan fingerprint density at radius 1 is 0.955 bits per heavy atom. The van der Waals surface area contributed by atoms with Gasteiger partial charge in [-0.05, 0) is 116 Å². The summed E-state index contributed by atoms with van der Waals surface area (Å²) in [6.07, 6.45) is 16.2. The van der Waals surface area contributed by atoms with Gasteiger partial charge in [0, 0.05) is 22.8 Å². The molecule has 4 saturated carbocycles. The lowest BCUT2D eigenvalue weighted by Gasteiger charge is -2.72. The van der Waals surface area contributed by atoms with Gasteiger partial charge in [-0.2, -0.15) is 0 Å². The summed E-state index contributed by atoms with van der Waals surface area (Å²) in [4.78, 5) is 26.9. The van der Waals surface area contributed by atoms with Gasteiger partial charge in [0.05, 0.1) is 5.41 Å². The monoisotopic (exact) mass is 600 g/mol. The van der Waals surface area contributed by atoms with Crippen molar-refractivity contribution in [2.24, 2.45) is 56.7 Å². The van der Waals surface area contributed by atoms with Crippen LogP contribution in [0.1, 0.15) is 105 Å². The van der Waals surface area contributed by atoms with Gasteiger partial charge < -0.3 is 14.6 Å². The fourth-order valence-corrected chi connectivity index (χ4v) is 12.5. The van der Waals surface area contributed by atoms with Gasteiger partial charge in [0.25, 0.3) is 0 Å². The second-order valence-corrected chi connectivity index (χ2v) is 17.1. The lowest BCUT2D eigenvalue weighted by Crippen LogP contribution is -2.71. The highest BCUT2D eigenvalue weighted by Gasteiger charge is 2.80. The van der Waals surface area contributed by atoms with Crippen LogP contribution in [0.5, 0.6) is 5.75 Å². The molecule has 11 atom stereocenters. The van der Waals surface area contributed by atoms with E-state index >= 15 is 0 Å². The maximum atomic E-state index is 13.8. The largest absolute Gasteiger partial charge is 0.508 e. The van der Waals surface area contributed by atoms with E-state index in [0.29, 0.717) is 23.7 Å². The van der Waals surface area contributed by atoms with E-state index in [4.69, 9.17) is 9.47 Å². The van der Waals surface area contributed by atoms with Crippen LogP contribution in [0.25, 0.3) is 6.08 Å². The normalized spacial score (nSPS) is 48.5. The number of hydrogen-bond donors (Lipinski definition) is 1. The fourth-order valence-electron chi connectivity index (χ4n) is 12.5. The van der Waals surface area contributed by atoms with Gasteiger partial charge in [-0.25, -0.2) is 4.79 Å². The molecule has 0 aromatic heterocycles. The van der Waals surface area contributed by atoms with E-state index in [-0.39, 0.29) is 56.8 Å². The van der Waals surface area contributed by atoms with Crippen LogP contribution in [0.4, 0.5) is 0 Å². The zero-order chi connectivity index (χ0) is 31.5. The van der Waals surface area contributed by atoms with Crippen molar-refractivity contribution in [3.05, 3.63) is 48.1 Å². The van der Waals surface area contributed by atoms with E-state index in [1.54, 1.807) is 30.3 Å². The minimum atomic E-state index is -0.517. The molecular formula is C39H52O5. The Kier molecular flexibility index (Phi) is 6.49.